The Balaban J connectivity index is 2.42. The van der Waals surface area contributed by atoms with Gasteiger partial charge in [-0.05, 0) is 66.6 Å². The van der Waals surface area contributed by atoms with Gasteiger partial charge in [0.25, 0.3) is 0 Å². The predicted octanol–water partition coefficient (Wildman–Crippen LogP) is 6.45. The Hall–Kier alpha value is -2.54. The number of anilines is 2. The van der Waals surface area contributed by atoms with Crippen LogP contribution in [0.15, 0.2) is 42.6 Å². The van der Waals surface area contributed by atoms with Gasteiger partial charge in [-0.1, -0.05) is 26.8 Å². The third-order valence-electron chi connectivity index (χ3n) is 4.70. The third kappa shape index (κ3) is 6.22. The van der Waals surface area contributed by atoms with Crippen LogP contribution < -0.4 is 10.1 Å². The maximum atomic E-state index is 12.4. The van der Waals surface area contributed by atoms with Crippen LogP contribution >= 0.6 is 0 Å². The summed E-state index contributed by atoms with van der Waals surface area (Å²) in [4.78, 5) is 4.44. The zero-order valence-corrected chi connectivity index (χ0v) is 16.9. The second-order valence-corrected chi connectivity index (χ2v) is 6.63. The highest BCUT2D eigenvalue weighted by molar-refractivity contribution is 5.80. The van der Waals surface area contributed by atoms with Gasteiger partial charge >= 0.3 is 6.36 Å². The molecule has 0 fully saturated rings. The van der Waals surface area contributed by atoms with E-state index in [1.807, 2.05) is 0 Å². The molecule has 0 aliphatic heterocycles. The predicted molar refractivity (Wildman–Crippen MR) is 109 cm³/mol. The molecule has 0 aliphatic carbocycles. The lowest BCUT2D eigenvalue weighted by atomic mass is 9.85. The number of aliphatic hydroxyl groups excluding tert-OH is 1. The van der Waals surface area contributed by atoms with E-state index in [1.165, 1.54) is 24.3 Å². The SMILES string of the molecule is CC/C=C(/c1c(CO)ccnc1Nc1ccc(OC(F)(F)F)cc1)C(CC)CC. The van der Waals surface area contributed by atoms with E-state index >= 15 is 0 Å². The molecule has 0 saturated carbocycles. The summed E-state index contributed by atoms with van der Waals surface area (Å²) in [6, 6.07) is 7.27. The van der Waals surface area contributed by atoms with Crippen molar-refractivity contribution in [2.75, 3.05) is 5.32 Å². The molecule has 29 heavy (non-hydrogen) atoms. The molecule has 1 aromatic carbocycles. The number of halogens is 3. The average molecular weight is 408 g/mol. The summed E-state index contributed by atoms with van der Waals surface area (Å²) in [6.45, 7) is 6.17. The van der Waals surface area contributed by atoms with Gasteiger partial charge in [-0.25, -0.2) is 4.98 Å². The summed E-state index contributed by atoms with van der Waals surface area (Å²) in [5.41, 5.74) is 3.30. The smallest absolute Gasteiger partial charge is 0.406 e. The number of aliphatic hydroxyl groups is 1. The summed E-state index contributed by atoms with van der Waals surface area (Å²) in [5, 5.41) is 13.1. The van der Waals surface area contributed by atoms with Crippen LogP contribution in [0.1, 0.15) is 51.2 Å². The van der Waals surface area contributed by atoms with Gasteiger partial charge in [0.1, 0.15) is 11.6 Å². The molecule has 0 unspecified atom stereocenters. The highest BCUT2D eigenvalue weighted by Gasteiger charge is 2.31. The van der Waals surface area contributed by atoms with E-state index in [1.54, 1.807) is 12.3 Å². The number of benzene rings is 1. The Kier molecular flexibility index (Phi) is 8.08. The molecule has 4 nitrogen and oxygen atoms in total. The van der Waals surface area contributed by atoms with E-state index in [4.69, 9.17) is 0 Å². The second kappa shape index (κ2) is 10.3. The van der Waals surface area contributed by atoms with Crippen molar-refractivity contribution >= 4 is 17.1 Å². The van der Waals surface area contributed by atoms with Gasteiger partial charge in [0.15, 0.2) is 0 Å². The number of pyridine rings is 1. The zero-order valence-electron chi connectivity index (χ0n) is 16.9. The minimum absolute atomic E-state index is 0.133. The highest BCUT2D eigenvalue weighted by Crippen LogP contribution is 2.36. The fraction of sp³-hybridized carbons (Fsp3) is 0.409. The van der Waals surface area contributed by atoms with E-state index in [2.05, 4.69) is 41.9 Å². The normalized spacial score (nSPS) is 12.3. The number of rotatable bonds is 9. The van der Waals surface area contributed by atoms with Gasteiger partial charge in [-0.3, -0.25) is 0 Å². The Labute approximate surface area is 169 Å². The van der Waals surface area contributed by atoms with Crippen LogP contribution in [0.3, 0.4) is 0 Å². The lowest BCUT2D eigenvalue weighted by Crippen LogP contribution is -2.17. The topological polar surface area (TPSA) is 54.4 Å². The number of hydrogen-bond donors (Lipinski definition) is 2. The van der Waals surface area contributed by atoms with Gasteiger partial charge in [0.2, 0.25) is 0 Å². The molecule has 2 rings (SSSR count). The molecule has 0 amide bonds. The first-order valence-electron chi connectivity index (χ1n) is 9.74. The molecule has 7 heteroatoms. The van der Waals surface area contributed by atoms with E-state index < -0.39 is 6.36 Å². The van der Waals surface area contributed by atoms with Crippen molar-refractivity contribution in [2.45, 2.75) is 53.0 Å². The summed E-state index contributed by atoms with van der Waals surface area (Å²) in [5.74, 6) is 0.587. The lowest BCUT2D eigenvalue weighted by Gasteiger charge is -2.23. The molecule has 2 N–H and O–H groups in total. The van der Waals surface area contributed by atoms with Crippen LogP contribution in [0.4, 0.5) is 24.7 Å². The molecule has 0 aliphatic rings. The first kappa shape index (κ1) is 22.7. The van der Waals surface area contributed by atoms with Crippen LogP contribution in [-0.2, 0) is 6.61 Å². The standard InChI is InChI=1S/C22H27F3N2O2/c1-4-7-19(15(5-2)6-3)20-16(14-28)12-13-26-21(20)27-17-8-10-18(11-9-17)29-22(23,24)25/h7-13,15,28H,4-6,14H2,1-3H3,(H,26,27)/b19-7+. The largest absolute Gasteiger partial charge is 0.573 e. The quantitative estimate of drug-likeness (QED) is 0.501. The van der Waals surface area contributed by atoms with Crippen molar-refractivity contribution < 1.29 is 23.0 Å². The average Bonchev–Trinajstić information content (AvgIpc) is 2.68. The van der Waals surface area contributed by atoms with Gasteiger partial charge in [0, 0.05) is 17.4 Å². The van der Waals surface area contributed by atoms with Gasteiger partial charge in [0.05, 0.1) is 6.61 Å². The van der Waals surface area contributed by atoms with Gasteiger partial charge in [-0.15, -0.1) is 13.2 Å². The zero-order chi connectivity index (χ0) is 21.4. The van der Waals surface area contributed by atoms with Crippen LogP contribution in [-0.4, -0.2) is 16.5 Å². The molecule has 2 aromatic rings. The van der Waals surface area contributed by atoms with Crippen molar-refractivity contribution in [3.63, 3.8) is 0 Å². The minimum atomic E-state index is -4.73. The summed E-state index contributed by atoms with van der Waals surface area (Å²) < 4.78 is 41.0. The third-order valence-corrected chi connectivity index (χ3v) is 4.70. The molecule has 0 saturated heterocycles. The summed E-state index contributed by atoms with van der Waals surface area (Å²) >= 11 is 0. The van der Waals surface area contributed by atoms with Crippen molar-refractivity contribution in [3.05, 3.63) is 53.7 Å². The number of nitrogens with zero attached hydrogens (tertiary/aromatic N) is 1. The Morgan fingerprint density at radius 2 is 1.79 bits per heavy atom. The first-order chi connectivity index (χ1) is 13.8. The molecule has 1 aromatic heterocycles. The molecular formula is C22H27F3N2O2. The van der Waals surface area contributed by atoms with Crippen molar-refractivity contribution in [1.82, 2.24) is 4.98 Å². The molecule has 0 radical (unpaired) electrons. The number of allylic oxidation sites excluding steroid dienone is 2. The Morgan fingerprint density at radius 3 is 2.31 bits per heavy atom. The van der Waals surface area contributed by atoms with Crippen LogP contribution in [0, 0.1) is 5.92 Å². The minimum Gasteiger partial charge on any atom is -0.406 e. The summed E-state index contributed by atoms with van der Waals surface area (Å²) in [7, 11) is 0. The molecule has 1 heterocycles. The second-order valence-electron chi connectivity index (χ2n) is 6.63. The molecule has 0 atom stereocenters. The lowest BCUT2D eigenvalue weighted by molar-refractivity contribution is -0.274. The maximum Gasteiger partial charge on any atom is 0.573 e. The van der Waals surface area contributed by atoms with Crippen LogP contribution in [0.25, 0.3) is 5.57 Å². The monoisotopic (exact) mass is 408 g/mol. The maximum absolute atomic E-state index is 12.4. The summed E-state index contributed by atoms with van der Waals surface area (Å²) in [6.07, 6.45) is 1.77. The van der Waals surface area contributed by atoms with E-state index in [0.717, 1.165) is 36.0 Å². The molecule has 158 valence electrons. The number of aromatic nitrogens is 1. The molecule has 0 spiro atoms. The van der Waals surface area contributed by atoms with E-state index in [0.29, 0.717) is 17.4 Å². The van der Waals surface area contributed by atoms with E-state index in [9.17, 15) is 18.3 Å². The Morgan fingerprint density at radius 1 is 1.14 bits per heavy atom. The molecular weight excluding hydrogens is 381 g/mol. The number of ether oxygens (including phenoxy) is 1. The van der Waals surface area contributed by atoms with Crippen molar-refractivity contribution in [1.29, 1.82) is 0 Å². The van der Waals surface area contributed by atoms with Crippen molar-refractivity contribution in [3.8, 4) is 5.75 Å². The van der Waals surface area contributed by atoms with Crippen molar-refractivity contribution in [2.24, 2.45) is 5.92 Å². The van der Waals surface area contributed by atoms with Gasteiger partial charge < -0.3 is 15.2 Å². The highest BCUT2D eigenvalue weighted by atomic mass is 19.4. The van der Waals surface area contributed by atoms with E-state index in [-0.39, 0.29) is 12.4 Å². The number of hydrogen-bond acceptors (Lipinski definition) is 4. The molecule has 0 bridgehead atoms. The fourth-order valence-corrected chi connectivity index (χ4v) is 3.35. The van der Waals surface area contributed by atoms with Crippen LogP contribution in [0.5, 0.6) is 5.75 Å². The van der Waals surface area contributed by atoms with Crippen LogP contribution in [0.2, 0.25) is 0 Å². The number of alkyl halides is 3. The fourth-order valence-electron chi connectivity index (χ4n) is 3.35. The van der Waals surface area contributed by atoms with Gasteiger partial charge in [-0.2, -0.15) is 0 Å². The Bertz CT molecular complexity index is 814. The first-order valence-corrected chi connectivity index (χ1v) is 9.74. The number of nitrogens with one attached hydrogen (secondary N) is 1.